The molecule has 0 aliphatic carbocycles. The zero-order valence-corrected chi connectivity index (χ0v) is 10.7. The third-order valence-corrected chi connectivity index (χ3v) is 3.52. The van der Waals surface area contributed by atoms with E-state index in [1.807, 2.05) is 18.2 Å². The van der Waals surface area contributed by atoms with Gasteiger partial charge in [-0.3, -0.25) is 9.69 Å². The topological polar surface area (TPSA) is 52.6 Å². The van der Waals surface area contributed by atoms with Gasteiger partial charge in [0.15, 0.2) is 0 Å². The van der Waals surface area contributed by atoms with Gasteiger partial charge in [-0.25, -0.2) is 0 Å². The average molecular weight is 248 g/mol. The molecule has 98 valence electrons. The number of aliphatic hydroxyl groups excluding tert-OH is 1. The summed E-state index contributed by atoms with van der Waals surface area (Å²) >= 11 is 0. The molecule has 1 aromatic carbocycles. The Morgan fingerprint density at radius 1 is 1.39 bits per heavy atom. The highest BCUT2D eigenvalue weighted by Crippen LogP contribution is 2.20. The molecule has 0 radical (unpaired) electrons. The van der Waals surface area contributed by atoms with Gasteiger partial charge in [0.05, 0.1) is 6.04 Å². The van der Waals surface area contributed by atoms with Gasteiger partial charge < -0.3 is 10.4 Å². The number of aliphatic hydroxyl groups is 1. The van der Waals surface area contributed by atoms with E-state index >= 15 is 0 Å². The van der Waals surface area contributed by atoms with Crippen LogP contribution >= 0.6 is 0 Å². The molecule has 0 saturated carbocycles. The summed E-state index contributed by atoms with van der Waals surface area (Å²) in [6.45, 7) is 0.642. The molecule has 0 bridgehead atoms. The van der Waals surface area contributed by atoms with E-state index in [9.17, 15) is 9.90 Å². The van der Waals surface area contributed by atoms with Crippen LogP contribution in [0.3, 0.4) is 0 Å². The number of likely N-dealkylation sites (tertiary alicyclic amines) is 1. The van der Waals surface area contributed by atoms with Crippen LogP contribution in [0.25, 0.3) is 0 Å². The number of benzene rings is 1. The second-order valence-electron chi connectivity index (χ2n) is 4.77. The quantitative estimate of drug-likeness (QED) is 0.827. The zero-order chi connectivity index (χ0) is 13.0. The van der Waals surface area contributed by atoms with E-state index in [2.05, 4.69) is 17.4 Å². The summed E-state index contributed by atoms with van der Waals surface area (Å²) in [5, 5.41) is 12.5. The van der Waals surface area contributed by atoms with Gasteiger partial charge in [0.2, 0.25) is 5.91 Å². The molecular weight excluding hydrogens is 228 g/mol. The van der Waals surface area contributed by atoms with Gasteiger partial charge in [0.25, 0.3) is 0 Å². The minimum absolute atomic E-state index is 0.0185. The molecular formula is C14H20N2O2. The molecule has 1 amide bonds. The normalized spacial score (nSPS) is 24.1. The first-order valence-corrected chi connectivity index (χ1v) is 6.40. The van der Waals surface area contributed by atoms with E-state index in [4.69, 9.17) is 0 Å². The number of hydrogen-bond acceptors (Lipinski definition) is 3. The van der Waals surface area contributed by atoms with Crippen molar-refractivity contribution in [3.8, 4) is 0 Å². The third kappa shape index (κ3) is 3.09. The van der Waals surface area contributed by atoms with Crippen molar-refractivity contribution < 1.29 is 9.90 Å². The maximum Gasteiger partial charge on any atom is 0.237 e. The highest BCUT2D eigenvalue weighted by atomic mass is 16.3. The fourth-order valence-electron chi connectivity index (χ4n) is 2.33. The average Bonchev–Trinajstić information content (AvgIpc) is 2.71. The molecule has 1 heterocycles. The van der Waals surface area contributed by atoms with Crippen LogP contribution in [-0.2, 0) is 11.2 Å². The number of carbonyl (C=O) groups excluding carboxylic acids is 1. The molecule has 4 nitrogen and oxygen atoms in total. The SMILES string of the molecule is CN1C(O)CCC1C(=O)NCCc1ccccc1. The zero-order valence-electron chi connectivity index (χ0n) is 10.7. The number of nitrogens with one attached hydrogen (secondary N) is 1. The fraction of sp³-hybridized carbons (Fsp3) is 0.500. The molecule has 1 aliphatic heterocycles. The van der Waals surface area contributed by atoms with Gasteiger partial charge in [-0.2, -0.15) is 0 Å². The van der Waals surface area contributed by atoms with Crippen LogP contribution in [0.2, 0.25) is 0 Å². The lowest BCUT2D eigenvalue weighted by Gasteiger charge is -2.21. The Hall–Kier alpha value is -1.39. The molecule has 2 atom stereocenters. The minimum Gasteiger partial charge on any atom is -0.378 e. The van der Waals surface area contributed by atoms with Crippen LogP contribution in [-0.4, -0.2) is 41.8 Å². The van der Waals surface area contributed by atoms with E-state index in [0.717, 1.165) is 12.8 Å². The maximum atomic E-state index is 11.9. The Morgan fingerprint density at radius 2 is 2.11 bits per heavy atom. The van der Waals surface area contributed by atoms with Gasteiger partial charge in [-0.05, 0) is 31.9 Å². The van der Waals surface area contributed by atoms with E-state index in [-0.39, 0.29) is 11.9 Å². The molecule has 0 spiro atoms. The highest BCUT2D eigenvalue weighted by Gasteiger charge is 2.33. The van der Waals surface area contributed by atoms with E-state index in [1.165, 1.54) is 5.56 Å². The molecule has 1 aliphatic rings. The van der Waals surface area contributed by atoms with Crippen LogP contribution < -0.4 is 5.32 Å². The number of carbonyl (C=O) groups is 1. The molecule has 0 aromatic heterocycles. The monoisotopic (exact) mass is 248 g/mol. The highest BCUT2D eigenvalue weighted by molar-refractivity contribution is 5.82. The van der Waals surface area contributed by atoms with Gasteiger partial charge >= 0.3 is 0 Å². The Morgan fingerprint density at radius 3 is 2.72 bits per heavy atom. The maximum absolute atomic E-state index is 11.9. The lowest BCUT2D eigenvalue weighted by atomic mass is 10.1. The Labute approximate surface area is 108 Å². The number of rotatable bonds is 4. The van der Waals surface area contributed by atoms with Crippen LogP contribution in [0.15, 0.2) is 30.3 Å². The molecule has 1 fully saturated rings. The van der Waals surface area contributed by atoms with Crippen LogP contribution in [0.5, 0.6) is 0 Å². The summed E-state index contributed by atoms with van der Waals surface area (Å²) < 4.78 is 0. The van der Waals surface area contributed by atoms with Crippen molar-refractivity contribution >= 4 is 5.91 Å². The van der Waals surface area contributed by atoms with Gasteiger partial charge in [0.1, 0.15) is 6.23 Å². The van der Waals surface area contributed by atoms with Crippen LogP contribution in [0.4, 0.5) is 0 Å². The number of nitrogens with zero attached hydrogens (tertiary/aromatic N) is 1. The first-order chi connectivity index (χ1) is 8.68. The summed E-state index contributed by atoms with van der Waals surface area (Å²) in [7, 11) is 1.79. The van der Waals surface area contributed by atoms with E-state index in [1.54, 1.807) is 11.9 Å². The first kappa shape index (κ1) is 13.1. The Bertz CT molecular complexity index is 394. The fourth-order valence-corrected chi connectivity index (χ4v) is 2.33. The molecule has 2 unspecified atom stereocenters. The van der Waals surface area contributed by atoms with Gasteiger partial charge in [0, 0.05) is 6.54 Å². The van der Waals surface area contributed by atoms with Crippen molar-refractivity contribution in [2.24, 2.45) is 0 Å². The third-order valence-electron chi connectivity index (χ3n) is 3.52. The molecule has 2 rings (SSSR count). The molecule has 1 saturated heterocycles. The predicted molar refractivity (Wildman–Crippen MR) is 69.9 cm³/mol. The van der Waals surface area contributed by atoms with Gasteiger partial charge in [-0.1, -0.05) is 30.3 Å². The standard InChI is InChI=1S/C14H20N2O2/c1-16-12(7-8-13(16)17)14(18)15-10-9-11-5-3-2-4-6-11/h2-6,12-13,17H,7-10H2,1H3,(H,15,18). The van der Waals surface area contributed by atoms with Crippen molar-refractivity contribution in [2.75, 3.05) is 13.6 Å². The first-order valence-electron chi connectivity index (χ1n) is 6.40. The smallest absolute Gasteiger partial charge is 0.237 e. The summed E-state index contributed by atoms with van der Waals surface area (Å²) in [5.41, 5.74) is 1.22. The summed E-state index contributed by atoms with van der Waals surface area (Å²) in [6.07, 6.45) is 1.77. The summed E-state index contributed by atoms with van der Waals surface area (Å²) in [5.74, 6) is 0.0185. The Balaban J connectivity index is 1.76. The molecule has 1 aromatic rings. The van der Waals surface area contributed by atoms with Crippen LogP contribution in [0, 0.1) is 0 Å². The lowest BCUT2D eigenvalue weighted by Crippen LogP contribution is -2.44. The van der Waals surface area contributed by atoms with Crippen molar-refractivity contribution in [3.63, 3.8) is 0 Å². The molecule has 4 heteroatoms. The Kier molecular flexibility index (Phi) is 4.33. The van der Waals surface area contributed by atoms with Crippen LogP contribution in [0.1, 0.15) is 18.4 Å². The summed E-state index contributed by atoms with van der Waals surface area (Å²) in [6, 6.07) is 9.90. The summed E-state index contributed by atoms with van der Waals surface area (Å²) in [4.78, 5) is 13.7. The van der Waals surface area contributed by atoms with Crippen molar-refractivity contribution in [1.82, 2.24) is 10.2 Å². The largest absolute Gasteiger partial charge is 0.378 e. The number of hydrogen-bond donors (Lipinski definition) is 2. The second kappa shape index (κ2) is 5.98. The number of likely N-dealkylation sites (N-methyl/N-ethyl adjacent to an activating group) is 1. The number of amides is 1. The lowest BCUT2D eigenvalue weighted by molar-refractivity contribution is -0.126. The van der Waals surface area contributed by atoms with Crippen molar-refractivity contribution in [2.45, 2.75) is 31.5 Å². The second-order valence-corrected chi connectivity index (χ2v) is 4.77. The van der Waals surface area contributed by atoms with Crippen molar-refractivity contribution in [1.29, 1.82) is 0 Å². The minimum atomic E-state index is -0.477. The van der Waals surface area contributed by atoms with Gasteiger partial charge in [-0.15, -0.1) is 0 Å². The van der Waals surface area contributed by atoms with E-state index < -0.39 is 6.23 Å². The molecule has 2 N–H and O–H groups in total. The predicted octanol–water partition coefficient (Wildman–Crippen LogP) is 0.758. The van der Waals surface area contributed by atoms with E-state index in [0.29, 0.717) is 13.0 Å². The molecule has 18 heavy (non-hydrogen) atoms. The van der Waals surface area contributed by atoms with Crippen molar-refractivity contribution in [3.05, 3.63) is 35.9 Å².